The summed E-state index contributed by atoms with van der Waals surface area (Å²) >= 11 is 0. The van der Waals surface area contributed by atoms with Crippen molar-refractivity contribution in [2.24, 2.45) is 5.92 Å². The van der Waals surface area contributed by atoms with Crippen LogP contribution in [0.15, 0.2) is 114 Å². The largest absolute Gasteiger partial charge is 0.491 e. The van der Waals surface area contributed by atoms with Crippen molar-refractivity contribution in [3.05, 3.63) is 120 Å². The van der Waals surface area contributed by atoms with Crippen LogP contribution in [0.5, 0.6) is 5.75 Å². The Labute approximate surface area is 311 Å². The second kappa shape index (κ2) is 18.4. The van der Waals surface area contributed by atoms with Gasteiger partial charge in [-0.05, 0) is 98.8 Å². The SMILES string of the molecule is CCCCOCCOc1ccc(C2=CC=C(C(=O)Nc3ccc(S(=O)Cc4nccn4CCC)cc3)CCC[N+]2(CC2CC2)c2ccccc2)cc1. The quantitative estimate of drug-likeness (QED) is 0.0820. The van der Waals surface area contributed by atoms with Crippen LogP contribution in [0.3, 0.4) is 0 Å². The van der Waals surface area contributed by atoms with E-state index in [-0.39, 0.29) is 5.91 Å². The number of rotatable bonds is 18. The Balaban J connectivity index is 1.21. The molecule has 8 nitrogen and oxygen atoms in total. The first kappa shape index (κ1) is 37.4. The molecule has 4 aromatic rings. The molecule has 6 rings (SSSR count). The number of imidazole rings is 1. The van der Waals surface area contributed by atoms with E-state index < -0.39 is 10.8 Å². The number of hydrogen-bond acceptors (Lipinski definition) is 5. The maximum absolute atomic E-state index is 13.7. The average Bonchev–Trinajstić information content (AvgIpc) is 3.88. The molecule has 0 radical (unpaired) electrons. The molecule has 1 aliphatic carbocycles. The molecule has 0 spiro atoms. The molecule has 2 heterocycles. The van der Waals surface area contributed by atoms with Crippen LogP contribution in [0.25, 0.3) is 5.70 Å². The van der Waals surface area contributed by atoms with Gasteiger partial charge in [-0.1, -0.05) is 38.5 Å². The number of unbranched alkanes of at least 4 members (excludes halogenated alkanes) is 1. The molecule has 2 unspecified atom stereocenters. The maximum atomic E-state index is 13.7. The van der Waals surface area contributed by atoms with Gasteiger partial charge in [-0.25, -0.2) is 4.98 Å². The van der Waals surface area contributed by atoms with Crippen molar-refractivity contribution in [1.29, 1.82) is 0 Å². The highest BCUT2D eigenvalue weighted by Crippen LogP contribution is 2.43. The van der Waals surface area contributed by atoms with Gasteiger partial charge in [-0.15, -0.1) is 0 Å². The highest BCUT2D eigenvalue weighted by molar-refractivity contribution is 7.84. The molecule has 2 atom stereocenters. The standard InChI is InChI=1S/C43H52N4O4S/c1-3-5-29-50-30-31-51-39-20-15-35(16-21-39)41-24-17-36(10-9-28-47(41,32-34-13-14-34)38-11-7-6-8-12-38)43(48)45-37-18-22-40(23-19-37)52(49)33-42-44-25-27-46(42)26-4-2/h6-8,11-12,15-25,27,34H,3-5,9-10,13-14,26,28-33H2,1-2H3/p+1. The Bertz CT molecular complexity index is 1830. The minimum Gasteiger partial charge on any atom is -0.491 e. The number of quaternary nitrogens is 1. The molecule has 1 N–H and O–H groups in total. The van der Waals surface area contributed by atoms with Gasteiger partial charge in [-0.2, -0.15) is 0 Å². The zero-order chi connectivity index (χ0) is 36.2. The molecule has 52 heavy (non-hydrogen) atoms. The second-order valence-electron chi connectivity index (χ2n) is 13.8. The highest BCUT2D eigenvalue weighted by atomic mass is 32.2. The summed E-state index contributed by atoms with van der Waals surface area (Å²) in [6.07, 6.45) is 15.1. The van der Waals surface area contributed by atoms with E-state index >= 15 is 0 Å². The molecule has 1 aromatic heterocycles. The van der Waals surface area contributed by atoms with E-state index in [1.54, 1.807) is 6.20 Å². The summed E-state index contributed by atoms with van der Waals surface area (Å²) in [5.74, 6) is 2.56. The minimum atomic E-state index is -1.24. The van der Waals surface area contributed by atoms with Crippen molar-refractivity contribution in [1.82, 2.24) is 14.0 Å². The number of para-hydroxylation sites is 1. The molecule has 3 aromatic carbocycles. The van der Waals surface area contributed by atoms with Crippen molar-refractivity contribution < 1.29 is 18.5 Å². The Hall–Kier alpha value is -4.31. The van der Waals surface area contributed by atoms with E-state index in [1.807, 2.05) is 48.7 Å². The Morgan fingerprint density at radius 1 is 0.942 bits per heavy atom. The fraction of sp³-hybridized carbons (Fsp3) is 0.395. The molecular formula is C43H53N4O4S+. The summed E-state index contributed by atoms with van der Waals surface area (Å²) in [5, 5.41) is 3.11. The predicted molar refractivity (Wildman–Crippen MR) is 211 cm³/mol. The number of carbonyl (C=O) groups is 1. The van der Waals surface area contributed by atoms with Gasteiger partial charge in [-0.3, -0.25) is 13.5 Å². The molecule has 9 heteroatoms. The van der Waals surface area contributed by atoms with Crippen LogP contribution < -0.4 is 14.5 Å². The Morgan fingerprint density at radius 2 is 1.73 bits per heavy atom. The van der Waals surface area contributed by atoms with E-state index in [1.165, 1.54) is 24.2 Å². The second-order valence-corrected chi connectivity index (χ2v) is 15.3. The molecule has 0 bridgehead atoms. The van der Waals surface area contributed by atoms with E-state index in [2.05, 4.69) is 77.3 Å². The predicted octanol–water partition coefficient (Wildman–Crippen LogP) is 8.91. The summed E-state index contributed by atoms with van der Waals surface area (Å²) < 4.78 is 27.6. The van der Waals surface area contributed by atoms with Crippen molar-refractivity contribution in [3.63, 3.8) is 0 Å². The number of nitrogens with zero attached hydrogens (tertiary/aromatic N) is 3. The molecule has 1 amide bonds. The molecule has 274 valence electrons. The van der Waals surface area contributed by atoms with Gasteiger partial charge in [0.05, 0.1) is 36.2 Å². The number of nitrogens with one attached hydrogen (secondary N) is 1. The van der Waals surface area contributed by atoms with Gasteiger partial charge in [0, 0.05) is 65.7 Å². The number of carbonyl (C=O) groups excluding carboxylic acids is 1. The Morgan fingerprint density at radius 3 is 2.46 bits per heavy atom. The van der Waals surface area contributed by atoms with Crippen LogP contribution in [0.4, 0.5) is 11.4 Å². The normalized spacial score (nSPS) is 18.1. The molecule has 1 saturated carbocycles. The average molecular weight is 722 g/mol. The summed E-state index contributed by atoms with van der Waals surface area (Å²) in [6.45, 7) is 8.92. The van der Waals surface area contributed by atoms with Gasteiger partial charge < -0.3 is 19.4 Å². The van der Waals surface area contributed by atoms with Crippen molar-refractivity contribution in [3.8, 4) is 5.75 Å². The number of allylic oxidation sites excluding steroid dienone is 2. The lowest BCUT2D eigenvalue weighted by Gasteiger charge is -2.41. The third-order valence-corrected chi connectivity index (χ3v) is 11.2. The smallest absolute Gasteiger partial charge is 0.251 e. The van der Waals surface area contributed by atoms with Crippen LogP contribution >= 0.6 is 0 Å². The zero-order valence-corrected chi connectivity index (χ0v) is 31.5. The number of hydrogen-bond donors (Lipinski definition) is 1. The van der Waals surface area contributed by atoms with Crippen molar-refractivity contribution in [2.75, 3.05) is 38.2 Å². The van der Waals surface area contributed by atoms with E-state index in [9.17, 15) is 9.00 Å². The molecular weight excluding hydrogens is 669 g/mol. The van der Waals surface area contributed by atoms with Gasteiger partial charge in [0.25, 0.3) is 5.91 Å². The first-order valence-electron chi connectivity index (χ1n) is 18.9. The first-order valence-corrected chi connectivity index (χ1v) is 20.3. The first-order chi connectivity index (χ1) is 25.5. The molecule has 0 saturated heterocycles. The van der Waals surface area contributed by atoms with Crippen LogP contribution in [0.1, 0.15) is 70.2 Å². The van der Waals surface area contributed by atoms with Crippen molar-refractivity contribution in [2.45, 2.75) is 76.0 Å². The van der Waals surface area contributed by atoms with Crippen molar-refractivity contribution >= 4 is 33.8 Å². The summed E-state index contributed by atoms with van der Waals surface area (Å²) in [7, 11) is -1.24. The lowest BCUT2D eigenvalue weighted by atomic mass is 9.98. The molecule has 1 fully saturated rings. The lowest BCUT2D eigenvalue weighted by molar-refractivity contribution is -0.113. The van der Waals surface area contributed by atoms with E-state index in [0.29, 0.717) is 41.9 Å². The number of benzene rings is 3. The monoisotopic (exact) mass is 721 g/mol. The third kappa shape index (κ3) is 9.76. The molecule has 2 aliphatic rings. The Kier molecular flexibility index (Phi) is 13.3. The number of anilines is 1. The summed E-state index contributed by atoms with van der Waals surface area (Å²) in [5.41, 5.74) is 5.00. The van der Waals surface area contributed by atoms with Gasteiger partial charge in [0.15, 0.2) is 0 Å². The minimum absolute atomic E-state index is 0.113. The van der Waals surface area contributed by atoms with E-state index in [4.69, 9.17) is 9.47 Å². The summed E-state index contributed by atoms with van der Waals surface area (Å²) in [6, 6.07) is 26.6. The van der Waals surface area contributed by atoms with Crippen LogP contribution in [0.2, 0.25) is 0 Å². The number of amides is 1. The van der Waals surface area contributed by atoms with Crippen LogP contribution in [-0.2, 0) is 32.6 Å². The number of ether oxygens (including phenoxy) is 2. The summed E-state index contributed by atoms with van der Waals surface area (Å²) in [4.78, 5) is 18.9. The number of aromatic nitrogens is 2. The fourth-order valence-electron chi connectivity index (χ4n) is 6.93. The topological polar surface area (TPSA) is 82.4 Å². The van der Waals surface area contributed by atoms with Gasteiger partial charge >= 0.3 is 0 Å². The molecule has 1 aliphatic heterocycles. The fourth-order valence-corrected chi connectivity index (χ4v) is 8.01. The van der Waals surface area contributed by atoms with E-state index in [0.717, 1.165) is 79.1 Å². The third-order valence-electron chi connectivity index (χ3n) is 9.89. The van der Waals surface area contributed by atoms with Gasteiger partial charge in [0.1, 0.15) is 29.6 Å². The van der Waals surface area contributed by atoms with Crippen LogP contribution in [0, 0.1) is 5.92 Å². The number of aryl methyl sites for hydroxylation is 1. The maximum Gasteiger partial charge on any atom is 0.251 e. The van der Waals surface area contributed by atoms with Crippen LogP contribution in [-0.4, -0.2) is 52.6 Å². The lowest BCUT2D eigenvalue weighted by Crippen LogP contribution is -2.50. The zero-order valence-electron chi connectivity index (χ0n) is 30.7. The highest BCUT2D eigenvalue weighted by Gasteiger charge is 2.42. The van der Waals surface area contributed by atoms with Gasteiger partial charge in [0.2, 0.25) is 0 Å².